The molecule has 1 aliphatic carbocycles. The number of aromatic nitrogens is 2. The highest BCUT2D eigenvalue weighted by atomic mass is 35.5. The number of allylic oxidation sites excluding steroid dienone is 1. The molecule has 10 heteroatoms. The van der Waals surface area contributed by atoms with Gasteiger partial charge in [-0.25, -0.2) is 4.98 Å². The second-order valence-corrected chi connectivity index (χ2v) is 7.66. The average molecular weight is 436 g/mol. The summed E-state index contributed by atoms with van der Waals surface area (Å²) in [6.07, 6.45) is 11.1. The van der Waals surface area contributed by atoms with Gasteiger partial charge in [0.2, 0.25) is 17.7 Å². The van der Waals surface area contributed by atoms with Crippen LogP contribution in [0.2, 0.25) is 5.02 Å². The highest BCUT2D eigenvalue weighted by Gasteiger charge is 2.25. The summed E-state index contributed by atoms with van der Waals surface area (Å²) in [5.41, 5.74) is 6.10. The van der Waals surface area contributed by atoms with Crippen LogP contribution in [0.4, 0.5) is 5.95 Å². The Morgan fingerprint density at radius 2 is 2.27 bits per heavy atom. The van der Waals surface area contributed by atoms with E-state index in [1.807, 2.05) is 25.1 Å². The molecule has 2 unspecified atom stereocenters. The number of hydrogen-bond donors (Lipinski definition) is 3. The van der Waals surface area contributed by atoms with Crippen LogP contribution in [0.1, 0.15) is 25.7 Å². The minimum Gasteiger partial charge on any atom is -0.473 e. The third-order valence-corrected chi connectivity index (χ3v) is 4.67. The third-order valence-electron chi connectivity index (χ3n) is 4.41. The molecule has 1 saturated carbocycles. The molecule has 1 aromatic rings. The first-order valence-electron chi connectivity index (χ1n) is 9.83. The molecular formula is C20H30ClN7O2. The van der Waals surface area contributed by atoms with Crippen LogP contribution in [0.15, 0.2) is 35.2 Å². The van der Waals surface area contributed by atoms with Crippen molar-refractivity contribution < 1.29 is 9.53 Å². The molecule has 1 aromatic heterocycles. The van der Waals surface area contributed by atoms with E-state index in [0.717, 1.165) is 25.8 Å². The smallest absolute Gasteiger partial charge is 0.243 e. The fraction of sp³-hybridized carbons (Fsp3) is 0.500. The van der Waals surface area contributed by atoms with Gasteiger partial charge in [0.05, 0.1) is 11.9 Å². The molecule has 2 atom stereocenters. The fourth-order valence-corrected chi connectivity index (χ4v) is 3.18. The van der Waals surface area contributed by atoms with E-state index in [0.29, 0.717) is 29.0 Å². The number of likely N-dealkylation sites (N-methyl/N-ethyl adjacent to an activating group) is 1. The monoisotopic (exact) mass is 435 g/mol. The van der Waals surface area contributed by atoms with E-state index in [2.05, 4.69) is 25.6 Å². The van der Waals surface area contributed by atoms with Crippen LogP contribution in [0.3, 0.4) is 0 Å². The first-order valence-corrected chi connectivity index (χ1v) is 10.2. The summed E-state index contributed by atoms with van der Waals surface area (Å²) in [6, 6.07) is 0.0472. The summed E-state index contributed by atoms with van der Waals surface area (Å²) in [4.78, 5) is 26.5. The number of carbonyl (C=O) groups excluding carboxylic acids is 1. The first-order chi connectivity index (χ1) is 14.4. The lowest BCUT2D eigenvalue weighted by Crippen LogP contribution is -2.40. The normalized spacial score (nSPS) is 20.1. The zero-order chi connectivity index (χ0) is 21.9. The van der Waals surface area contributed by atoms with E-state index in [1.165, 1.54) is 12.4 Å². The topological polar surface area (TPSA) is 118 Å². The molecule has 1 heterocycles. The molecule has 0 radical (unpaired) electrons. The van der Waals surface area contributed by atoms with Gasteiger partial charge in [-0.05, 0) is 33.4 Å². The second kappa shape index (κ2) is 12.1. The van der Waals surface area contributed by atoms with Crippen LogP contribution in [0, 0.1) is 0 Å². The molecule has 0 spiro atoms. The number of aliphatic imine (C=N–C) groups is 1. The summed E-state index contributed by atoms with van der Waals surface area (Å²) in [6.45, 7) is 0.720. The van der Waals surface area contributed by atoms with Crippen LogP contribution in [0.5, 0.6) is 5.88 Å². The second-order valence-electron chi connectivity index (χ2n) is 7.26. The van der Waals surface area contributed by atoms with Crippen molar-refractivity contribution in [2.45, 2.75) is 37.8 Å². The molecular weight excluding hydrogens is 406 g/mol. The first kappa shape index (κ1) is 23.6. The van der Waals surface area contributed by atoms with Crippen LogP contribution in [0.25, 0.3) is 0 Å². The SMILES string of the molecule is CN=CC(=CN)Nc1ncc(Cl)c(OC2CCCC(NC(=O)/C=C/CN(C)C)C2)n1. The molecule has 1 amide bonds. The molecule has 4 N–H and O–H groups in total. The number of hydrogen-bond acceptors (Lipinski definition) is 8. The number of amides is 1. The Morgan fingerprint density at radius 3 is 2.97 bits per heavy atom. The average Bonchev–Trinajstić information content (AvgIpc) is 2.70. The number of nitrogens with zero attached hydrogens (tertiary/aromatic N) is 4. The van der Waals surface area contributed by atoms with E-state index in [-0.39, 0.29) is 18.1 Å². The maximum atomic E-state index is 12.1. The number of anilines is 1. The number of nitrogens with two attached hydrogens (primary N) is 1. The van der Waals surface area contributed by atoms with Crippen LogP contribution in [-0.4, -0.2) is 66.8 Å². The third kappa shape index (κ3) is 8.00. The van der Waals surface area contributed by atoms with Crippen molar-refractivity contribution in [2.75, 3.05) is 33.0 Å². The summed E-state index contributed by atoms with van der Waals surface area (Å²) >= 11 is 6.22. The van der Waals surface area contributed by atoms with E-state index >= 15 is 0 Å². The predicted molar refractivity (Wildman–Crippen MR) is 120 cm³/mol. The van der Waals surface area contributed by atoms with Crippen molar-refractivity contribution in [1.29, 1.82) is 0 Å². The van der Waals surface area contributed by atoms with Gasteiger partial charge in [-0.3, -0.25) is 9.79 Å². The maximum Gasteiger partial charge on any atom is 0.243 e. The van der Waals surface area contributed by atoms with Gasteiger partial charge in [0.1, 0.15) is 11.1 Å². The Morgan fingerprint density at radius 1 is 1.47 bits per heavy atom. The van der Waals surface area contributed by atoms with Gasteiger partial charge in [0.15, 0.2) is 0 Å². The van der Waals surface area contributed by atoms with E-state index < -0.39 is 0 Å². The number of ether oxygens (including phenoxy) is 1. The number of nitrogens with one attached hydrogen (secondary N) is 2. The Balaban J connectivity index is 1.96. The zero-order valence-corrected chi connectivity index (χ0v) is 18.4. The van der Waals surface area contributed by atoms with Crippen molar-refractivity contribution in [3.63, 3.8) is 0 Å². The van der Waals surface area contributed by atoms with Gasteiger partial charge in [-0.2, -0.15) is 4.98 Å². The summed E-state index contributed by atoms with van der Waals surface area (Å²) in [5, 5.41) is 6.32. The zero-order valence-electron chi connectivity index (χ0n) is 17.6. The van der Waals surface area contributed by atoms with Gasteiger partial charge >= 0.3 is 0 Å². The lowest BCUT2D eigenvalue weighted by Gasteiger charge is -2.29. The molecule has 1 aliphatic rings. The predicted octanol–water partition coefficient (Wildman–Crippen LogP) is 1.97. The minimum absolute atomic E-state index is 0.0472. The van der Waals surface area contributed by atoms with E-state index in [9.17, 15) is 4.79 Å². The molecule has 2 rings (SSSR count). The summed E-state index contributed by atoms with van der Waals surface area (Å²) in [7, 11) is 5.54. The lowest BCUT2D eigenvalue weighted by atomic mass is 9.93. The molecule has 30 heavy (non-hydrogen) atoms. The molecule has 0 aromatic carbocycles. The van der Waals surface area contributed by atoms with Crippen molar-refractivity contribution in [3.8, 4) is 5.88 Å². The maximum absolute atomic E-state index is 12.1. The van der Waals surface area contributed by atoms with E-state index in [1.54, 1.807) is 19.3 Å². The van der Waals surface area contributed by atoms with Gasteiger partial charge < -0.3 is 26.0 Å². The largest absolute Gasteiger partial charge is 0.473 e. The molecule has 0 aliphatic heterocycles. The van der Waals surface area contributed by atoms with Crippen LogP contribution < -0.4 is 21.1 Å². The number of halogens is 1. The Labute approximate surface area is 182 Å². The summed E-state index contributed by atoms with van der Waals surface area (Å²) < 4.78 is 6.04. The Kier molecular flexibility index (Phi) is 9.56. The fourth-order valence-electron chi connectivity index (χ4n) is 3.04. The van der Waals surface area contributed by atoms with Gasteiger partial charge in [0.25, 0.3) is 0 Å². The van der Waals surface area contributed by atoms with Gasteiger partial charge in [-0.15, -0.1) is 0 Å². The summed E-state index contributed by atoms with van der Waals surface area (Å²) in [5.74, 6) is 0.507. The van der Waals surface area contributed by atoms with Gasteiger partial charge in [0, 0.05) is 44.5 Å². The van der Waals surface area contributed by atoms with Crippen molar-refractivity contribution in [1.82, 2.24) is 20.2 Å². The van der Waals surface area contributed by atoms with Crippen molar-refractivity contribution in [2.24, 2.45) is 10.7 Å². The van der Waals surface area contributed by atoms with Crippen LogP contribution >= 0.6 is 11.6 Å². The molecule has 9 nitrogen and oxygen atoms in total. The Hall–Kier alpha value is -2.65. The Bertz CT molecular complexity index is 795. The van der Waals surface area contributed by atoms with E-state index in [4.69, 9.17) is 22.1 Å². The molecule has 0 saturated heterocycles. The molecule has 164 valence electrons. The number of rotatable bonds is 9. The standard InChI is InChI=1S/C20H30ClN7O2/c1-23-12-15(11-22)26-20-24-13-17(21)19(27-20)30-16-7-4-6-14(10-16)25-18(29)8-5-9-28(2)3/h5,8,11-14,16H,4,6-7,9-10,22H2,1-3H3,(H,25,29)(H,24,26,27)/b8-5+,15-11?,23-12?. The molecule has 1 fully saturated rings. The quantitative estimate of drug-likeness (QED) is 0.401. The molecule has 0 bridgehead atoms. The van der Waals surface area contributed by atoms with Crippen LogP contribution in [-0.2, 0) is 4.79 Å². The van der Waals surface area contributed by atoms with Crippen molar-refractivity contribution >= 4 is 29.7 Å². The highest BCUT2D eigenvalue weighted by Crippen LogP contribution is 2.28. The lowest BCUT2D eigenvalue weighted by molar-refractivity contribution is -0.117. The highest BCUT2D eigenvalue weighted by molar-refractivity contribution is 6.31. The minimum atomic E-state index is -0.100. The van der Waals surface area contributed by atoms with Gasteiger partial charge in [-0.1, -0.05) is 17.7 Å². The van der Waals surface area contributed by atoms with Crippen molar-refractivity contribution in [3.05, 3.63) is 35.3 Å². The number of carbonyl (C=O) groups is 1.